The monoisotopic (exact) mass is 451 g/mol. The van der Waals surface area contributed by atoms with Crippen LogP contribution in [0.4, 0.5) is 0 Å². The van der Waals surface area contributed by atoms with Crippen molar-refractivity contribution in [1.29, 1.82) is 0 Å². The number of carbonyl (C=O) groups excluding carboxylic acids is 2. The molecule has 1 aliphatic heterocycles. The Hall–Kier alpha value is -3.48. The third-order valence-corrected chi connectivity index (χ3v) is 6.31. The molecule has 2 unspecified atom stereocenters. The first-order chi connectivity index (χ1) is 16.0. The first-order valence-corrected chi connectivity index (χ1v) is 11.1. The lowest BCUT2D eigenvalue weighted by Crippen LogP contribution is -2.38. The van der Waals surface area contributed by atoms with Gasteiger partial charge in [0.15, 0.2) is 17.3 Å². The van der Waals surface area contributed by atoms with Crippen molar-refractivity contribution in [3.63, 3.8) is 0 Å². The van der Waals surface area contributed by atoms with E-state index in [2.05, 4.69) is 5.32 Å². The Morgan fingerprint density at radius 2 is 1.61 bits per heavy atom. The fourth-order valence-corrected chi connectivity index (χ4v) is 4.86. The van der Waals surface area contributed by atoms with Crippen molar-refractivity contribution in [1.82, 2.24) is 5.32 Å². The van der Waals surface area contributed by atoms with E-state index in [9.17, 15) is 9.59 Å². The van der Waals surface area contributed by atoms with Crippen molar-refractivity contribution in [2.75, 3.05) is 27.9 Å². The average molecular weight is 452 g/mol. The van der Waals surface area contributed by atoms with Crippen LogP contribution >= 0.6 is 0 Å². The molecule has 4 rings (SSSR count). The van der Waals surface area contributed by atoms with E-state index in [1.54, 1.807) is 20.3 Å². The third-order valence-electron chi connectivity index (χ3n) is 6.31. The topological polar surface area (TPSA) is 83.1 Å². The zero-order valence-corrected chi connectivity index (χ0v) is 19.4. The number of carbonyl (C=O) groups is 2. The Kier molecular flexibility index (Phi) is 6.58. The number of hydrogen-bond donors (Lipinski definition) is 1. The first kappa shape index (κ1) is 22.7. The number of hydrogen-bond acceptors (Lipinski definition) is 6. The van der Waals surface area contributed by atoms with Crippen LogP contribution in [0.25, 0.3) is 0 Å². The highest BCUT2D eigenvalue weighted by molar-refractivity contribution is 6.02. The van der Waals surface area contributed by atoms with E-state index in [0.29, 0.717) is 48.0 Å². The predicted molar refractivity (Wildman–Crippen MR) is 123 cm³/mol. The van der Waals surface area contributed by atoms with E-state index in [4.69, 9.17) is 18.9 Å². The van der Waals surface area contributed by atoms with Crippen LogP contribution in [-0.4, -0.2) is 39.6 Å². The van der Waals surface area contributed by atoms with E-state index < -0.39 is 5.92 Å². The smallest absolute Gasteiger partial charge is 0.225 e. The molecule has 2 aromatic carbocycles. The Labute approximate surface area is 193 Å². The Morgan fingerprint density at radius 1 is 0.879 bits per heavy atom. The summed E-state index contributed by atoms with van der Waals surface area (Å²) < 4.78 is 22.1. The summed E-state index contributed by atoms with van der Waals surface area (Å²) in [6.45, 7) is 2.54. The van der Waals surface area contributed by atoms with Crippen molar-refractivity contribution in [3.8, 4) is 23.0 Å². The molecule has 0 radical (unpaired) electrons. The maximum atomic E-state index is 13.4. The summed E-state index contributed by atoms with van der Waals surface area (Å²) in [6, 6.07) is 11.5. The number of allylic oxidation sites excluding steroid dienone is 2. The zero-order valence-electron chi connectivity index (χ0n) is 19.4. The first-order valence-electron chi connectivity index (χ1n) is 11.1. The molecule has 0 saturated heterocycles. The van der Waals surface area contributed by atoms with Gasteiger partial charge in [-0.25, -0.2) is 0 Å². The van der Waals surface area contributed by atoms with Crippen LogP contribution in [0.1, 0.15) is 49.1 Å². The van der Waals surface area contributed by atoms with Crippen LogP contribution < -0.4 is 24.3 Å². The molecule has 0 fully saturated rings. The molecule has 0 bridgehead atoms. The second-order valence-electron chi connectivity index (χ2n) is 8.15. The molecule has 0 aromatic heterocycles. The molecule has 1 N–H and O–H groups in total. The molecular weight excluding hydrogens is 422 g/mol. The van der Waals surface area contributed by atoms with Gasteiger partial charge in [-0.15, -0.1) is 0 Å². The Morgan fingerprint density at radius 3 is 2.24 bits per heavy atom. The minimum Gasteiger partial charge on any atom is -0.494 e. The number of ketones is 1. The van der Waals surface area contributed by atoms with Crippen LogP contribution in [0.5, 0.6) is 23.0 Å². The van der Waals surface area contributed by atoms with E-state index in [1.165, 1.54) is 7.11 Å². The number of benzene rings is 2. The lowest BCUT2D eigenvalue weighted by molar-refractivity contribution is -0.122. The van der Waals surface area contributed by atoms with Crippen molar-refractivity contribution in [3.05, 3.63) is 58.8 Å². The molecule has 7 nitrogen and oxygen atoms in total. The maximum absolute atomic E-state index is 13.4. The minimum atomic E-state index is -0.405. The van der Waals surface area contributed by atoms with Gasteiger partial charge in [0.1, 0.15) is 5.75 Å². The van der Waals surface area contributed by atoms with Gasteiger partial charge in [0.05, 0.1) is 27.9 Å². The molecule has 1 aliphatic carbocycles. The third kappa shape index (κ3) is 4.27. The number of amides is 1. The molecule has 174 valence electrons. The largest absolute Gasteiger partial charge is 0.494 e. The molecule has 0 saturated carbocycles. The summed E-state index contributed by atoms with van der Waals surface area (Å²) in [5.74, 6) is 1.77. The van der Waals surface area contributed by atoms with Gasteiger partial charge in [0, 0.05) is 35.6 Å². The van der Waals surface area contributed by atoms with Gasteiger partial charge in [-0.1, -0.05) is 18.2 Å². The average Bonchev–Trinajstić information content (AvgIpc) is 2.82. The summed E-state index contributed by atoms with van der Waals surface area (Å²) in [7, 11) is 4.64. The van der Waals surface area contributed by atoms with Gasteiger partial charge < -0.3 is 24.3 Å². The summed E-state index contributed by atoms with van der Waals surface area (Å²) in [4.78, 5) is 26.1. The second kappa shape index (κ2) is 9.57. The van der Waals surface area contributed by atoms with Crippen LogP contribution in [-0.2, 0) is 9.59 Å². The predicted octanol–water partition coefficient (Wildman–Crippen LogP) is 4.12. The Balaban J connectivity index is 1.71. The Bertz CT molecular complexity index is 1090. The number of Topliss-reactive ketones (excluding diaryl/α,β-unsaturated/α-hetero) is 1. The molecule has 1 amide bonds. The van der Waals surface area contributed by atoms with Gasteiger partial charge >= 0.3 is 0 Å². The van der Waals surface area contributed by atoms with E-state index in [-0.39, 0.29) is 24.0 Å². The van der Waals surface area contributed by atoms with E-state index in [0.717, 1.165) is 16.9 Å². The standard InChI is InChI=1S/C26H29NO6/c1-5-33-17-8-6-15(7-9-17)16-12-20-24(21(28)13-16)19(14-23(29)27-20)18-10-11-22(30-2)26(32-4)25(18)31-3/h6-11,16,19H,5,12-14H2,1-4H3,(H,27,29). The summed E-state index contributed by atoms with van der Waals surface area (Å²) in [6.07, 6.45) is 1.14. The summed E-state index contributed by atoms with van der Waals surface area (Å²) in [5.41, 5.74) is 3.15. The van der Waals surface area contributed by atoms with Crippen molar-refractivity contribution >= 4 is 11.7 Å². The van der Waals surface area contributed by atoms with Crippen molar-refractivity contribution in [2.45, 2.75) is 38.0 Å². The molecule has 2 atom stereocenters. The number of ether oxygens (including phenoxy) is 4. The van der Waals surface area contributed by atoms with Crippen LogP contribution in [0.15, 0.2) is 47.7 Å². The molecule has 1 heterocycles. The summed E-state index contributed by atoms with van der Waals surface area (Å²) >= 11 is 0. The second-order valence-corrected chi connectivity index (χ2v) is 8.15. The lowest BCUT2D eigenvalue weighted by atomic mass is 9.73. The van der Waals surface area contributed by atoms with Gasteiger partial charge in [0.25, 0.3) is 0 Å². The SMILES string of the molecule is CCOc1ccc(C2CC(=O)C3=C(C2)NC(=O)CC3c2ccc(OC)c(OC)c2OC)cc1. The van der Waals surface area contributed by atoms with Crippen LogP contribution in [0.2, 0.25) is 0 Å². The number of methoxy groups -OCH3 is 3. The van der Waals surface area contributed by atoms with Crippen molar-refractivity contribution in [2.24, 2.45) is 0 Å². The van der Waals surface area contributed by atoms with Crippen molar-refractivity contribution < 1.29 is 28.5 Å². The fourth-order valence-electron chi connectivity index (χ4n) is 4.86. The maximum Gasteiger partial charge on any atom is 0.225 e. The normalized spacial score (nSPS) is 20.1. The molecule has 7 heteroatoms. The molecular formula is C26H29NO6. The highest BCUT2D eigenvalue weighted by Crippen LogP contribution is 2.49. The summed E-state index contributed by atoms with van der Waals surface area (Å²) in [5, 5.41) is 2.97. The molecule has 2 aliphatic rings. The fraction of sp³-hybridized carbons (Fsp3) is 0.385. The minimum absolute atomic E-state index is 0.00160. The zero-order chi connectivity index (χ0) is 23.5. The van der Waals surface area contributed by atoms with Crippen LogP contribution in [0, 0.1) is 0 Å². The quantitative estimate of drug-likeness (QED) is 0.682. The number of rotatable bonds is 7. The van der Waals surface area contributed by atoms with E-state index >= 15 is 0 Å². The van der Waals surface area contributed by atoms with Gasteiger partial charge in [-0.05, 0) is 43.0 Å². The molecule has 33 heavy (non-hydrogen) atoms. The highest BCUT2D eigenvalue weighted by Gasteiger charge is 2.40. The lowest BCUT2D eigenvalue weighted by Gasteiger charge is -2.35. The van der Waals surface area contributed by atoms with Gasteiger partial charge in [0.2, 0.25) is 11.7 Å². The highest BCUT2D eigenvalue weighted by atomic mass is 16.5. The van der Waals surface area contributed by atoms with E-state index in [1.807, 2.05) is 37.3 Å². The van der Waals surface area contributed by atoms with Gasteiger partial charge in [-0.3, -0.25) is 9.59 Å². The molecule has 0 spiro atoms. The number of nitrogens with one attached hydrogen (secondary N) is 1. The van der Waals surface area contributed by atoms with Crippen LogP contribution in [0.3, 0.4) is 0 Å². The van der Waals surface area contributed by atoms with Gasteiger partial charge in [-0.2, -0.15) is 0 Å². The molecule has 2 aromatic rings.